The van der Waals surface area contributed by atoms with Crippen LogP contribution in [0.2, 0.25) is 0 Å². The van der Waals surface area contributed by atoms with E-state index in [1.807, 2.05) is 0 Å². The average Bonchev–Trinajstić information content (AvgIpc) is 2.92. The van der Waals surface area contributed by atoms with E-state index in [4.69, 9.17) is 11.5 Å². The highest BCUT2D eigenvalue weighted by molar-refractivity contribution is 7.97. The van der Waals surface area contributed by atoms with Gasteiger partial charge in [0.2, 0.25) is 0 Å². The molecule has 0 unspecified atom stereocenters. The molecule has 104 valence electrons. The van der Waals surface area contributed by atoms with Crippen LogP contribution in [0.15, 0.2) is 22.6 Å². The predicted molar refractivity (Wildman–Crippen MR) is 84.4 cm³/mol. The maximum absolute atomic E-state index is 5.88. The van der Waals surface area contributed by atoms with Gasteiger partial charge in [0, 0.05) is 31.1 Å². The summed E-state index contributed by atoms with van der Waals surface area (Å²) in [7, 11) is 0. The molecule has 1 aromatic rings. The van der Waals surface area contributed by atoms with Crippen molar-refractivity contribution >= 4 is 23.5 Å². The van der Waals surface area contributed by atoms with Crippen LogP contribution in [0.5, 0.6) is 0 Å². The van der Waals surface area contributed by atoms with Crippen LogP contribution in [0.25, 0.3) is 0 Å². The minimum absolute atomic E-state index is 0.587. The summed E-state index contributed by atoms with van der Waals surface area (Å²) in [5.41, 5.74) is 15.2. The molecule has 0 spiro atoms. The Hall–Kier alpha value is -1.20. The molecule has 1 aromatic carbocycles. The molecule has 4 N–H and O–H groups in total. The maximum atomic E-state index is 5.88. The molecule has 0 saturated carbocycles. The van der Waals surface area contributed by atoms with E-state index in [9.17, 15) is 0 Å². The lowest BCUT2D eigenvalue weighted by Gasteiger charge is -2.21. The molecule has 0 amide bonds. The maximum Gasteiger partial charge on any atom is 0.104 e. The van der Waals surface area contributed by atoms with E-state index in [1.54, 1.807) is 6.92 Å². The largest absolute Gasteiger partial charge is 0.387 e. The molecule has 2 rings (SSSR count). The van der Waals surface area contributed by atoms with Gasteiger partial charge in [0.25, 0.3) is 0 Å². The van der Waals surface area contributed by atoms with Crippen LogP contribution in [0.3, 0.4) is 0 Å². The number of hydrogen-bond donors (Lipinski definition) is 2. The molecule has 1 aliphatic rings. The third-order valence-electron chi connectivity index (χ3n) is 3.25. The van der Waals surface area contributed by atoms with Crippen molar-refractivity contribution in [2.24, 2.45) is 15.9 Å². The van der Waals surface area contributed by atoms with E-state index in [1.165, 1.54) is 41.6 Å². The van der Waals surface area contributed by atoms with E-state index >= 15 is 0 Å². The summed E-state index contributed by atoms with van der Waals surface area (Å²) in [5, 5.41) is 0. The molecule has 0 aliphatic carbocycles. The number of benzene rings is 1. The fraction of sp³-hybridized carbons (Fsp3) is 0.500. The third kappa shape index (κ3) is 3.88. The van der Waals surface area contributed by atoms with Crippen LogP contribution < -0.4 is 16.4 Å². The Morgan fingerprint density at radius 2 is 2.11 bits per heavy atom. The summed E-state index contributed by atoms with van der Waals surface area (Å²) in [6.07, 6.45) is 2.57. The molecule has 1 fully saturated rings. The molecular weight excluding hydrogens is 256 g/mol. The Morgan fingerprint density at radius 1 is 1.37 bits per heavy atom. The van der Waals surface area contributed by atoms with Crippen molar-refractivity contribution in [3.63, 3.8) is 0 Å². The van der Waals surface area contributed by atoms with Gasteiger partial charge in [-0.2, -0.15) is 0 Å². The zero-order valence-electron chi connectivity index (χ0n) is 11.4. The minimum atomic E-state index is 0.587. The summed E-state index contributed by atoms with van der Waals surface area (Å²) >= 11 is 1.48. The molecule has 1 aliphatic heterocycles. The topological polar surface area (TPSA) is 67.6 Å². The molecular formula is C14H22N4S. The molecule has 4 nitrogen and oxygen atoms in total. The first kappa shape index (κ1) is 14.2. The normalized spacial score (nSPS) is 16.1. The van der Waals surface area contributed by atoms with Crippen molar-refractivity contribution < 1.29 is 0 Å². The van der Waals surface area contributed by atoms with Crippen molar-refractivity contribution in [1.29, 1.82) is 0 Å². The van der Waals surface area contributed by atoms with E-state index in [-0.39, 0.29) is 0 Å². The van der Waals surface area contributed by atoms with Crippen LogP contribution in [0.4, 0.5) is 5.69 Å². The van der Waals surface area contributed by atoms with Gasteiger partial charge in [-0.1, -0.05) is 12.1 Å². The smallest absolute Gasteiger partial charge is 0.104 e. The highest BCUT2D eigenvalue weighted by atomic mass is 32.2. The quantitative estimate of drug-likeness (QED) is 0.492. The van der Waals surface area contributed by atoms with E-state index in [0.29, 0.717) is 12.4 Å². The van der Waals surface area contributed by atoms with Gasteiger partial charge in [0.1, 0.15) is 5.84 Å². The Balaban J connectivity index is 2.09. The van der Waals surface area contributed by atoms with E-state index in [0.717, 1.165) is 18.8 Å². The lowest BCUT2D eigenvalue weighted by atomic mass is 10.1. The van der Waals surface area contributed by atoms with Gasteiger partial charge in [0.05, 0.1) is 0 Å². The monoisotopic (exact) mass is 278 g/mol. The molecule has 0 bridgehead atoms. The van der Waals surface area contributed by atoms with Gasteiger partial charge in [-0.05, 0) is 48.9 Å². The van der Waals surface area contributed by atoms with Crippen molar-refractivity contribution in [2.45, 2.75) is 32.1 Å². The second kappa shape index (κ2) is 6.82. The number of amidine groups is 1. The molecule has 19 heavy (non-hydrogen) atoms. The first-order chi connectivity index (χ1) is 9.20. The Labute approximate surface area is 119 Å². The summed E-state index contributed by atoms with van der Waals surface area (Å²) in [6.45, 7) is 4.69. The number of nitrogens with two attached hydrogens (primary N) is 2. The molecule has 5 heteroatoms. The third-order valence-corrected chi connectivity index (χ3v) is 4.13. The highest BCUT2D eigenvalue weighted by Crippen LogP contribution is 2.26. The zero-order valence-corrected chi connectivity index (χ0v) is 12.2. The van der Waals surface area contributed by atoms with Crippen molar-refractivity contribution in [1.82, 2.24) is 0 Å². The molecule has 0 radical (unpaired) electrons. The van der Waals surface area contributed by atoms with Crippen LogP contribution in [-0.4, -0.2) is 18.9 Å². The Morgan fingerprint density at radius 3 is 2.74 bits per heavy atom. The van der Waals surface area contributed by atoms with E-state index in [2.05, 4.69) is 27.5 Å². The van der Waals surface area contributed by atoms with Crippen molar-refractivity contribution in [3.05, 3.63) is 29.3 Å². The standard InChI is InChI=1S/C14H22N4S/c1-11(16)17-19-10-12-4-5-14(13(8-12)9-15)18-6-2-3-7-18/h4-5,8H,2-3,6-7,9-10,15H2,1H3,(H2,16,17). The summed E-state index contributed by atoms with van der Waals surface area (Å²) in [5.74, 6) is 1.44. The molecule has 0 atom stereocenters. The van der Waals surface area contributed by atoms with Gasteiger partial charge < -0.3 is 16.4 Å². The minimum Gasteiger partial charge on any atom is -0.387 e. The van der Waals surface area contributed by atoms with Crippen LogP contribution >= 0.6 is 11.9 Å². The van der Waals surface area contributed by atoms with Gasteiger partial charge in [0.15, 0.2) is 0 Å². The van der Waals surface area contributed by atoms with Crippen LogP contribution in [0, 0.1) is 0 Å². The fourth-order valence-corrected chi connectivity index (χ4v) is 2.96. The Bertz CT molecular complexity index is 449. The second-order valence-electron chi connectivity index (χ2n) is 4.87. The van der Waals surface area contributed by atoms with Gasteiger partial charge in [-0.3, -0.25) is 0 Å². The van der Waals surface area contributed by atoms with Crippen molar-refractivity contribution in [3.8, 4) is 0 Å². The lowest BCUT2D eigenvalue weighted by molar-refractivity contribution is 0.938. The van der Waals surface area contributed by atoms with Crippen LogP contribution in [0.1, 0.15) is 30.9 Å². The van der Waals surface area contributed by atoms with Gasteiger partial charge >= 0.3 is 0 Å². The fourth-order valence-electron chi connectivity index (χ4n) is 2.37. The Kier molecular flexibility index (Phi) is 5.10. The van der Waals surface area contributed by atoms with Crippen LogP contribution in [-0.2, 0) is 12.3 Å². The van der Waals surface area contributed by atoms with Gasteiger partial charge in [-0.25, -0.2) is 4.40 Å². The molecule has 1 heterocycles. The zero-order chi connectivity index (χ0) is 13.7. The summed E-state index contributed by atoms with van der Waals surface area (Å²) in [4.78, 5) is 2.43. The first-order valence-corrected chi connectivity index (χ1v) is 7.64. The SMILES string of the molecule is C/C(N)=N/SCc1ccc(N2CCCC2)c(CN)c1. The van der Waals surface area contributed by atoms with Gasteiger partial charge in [-0.15, -0.1) is 0 Å². The molecule has 1 saturated heterocycles. The number of hydrogen-bond acceptors (Lipinski definition) is 4. The number of anilines is 1. The van der Waals surface area contributed by atoms with Crippen molar-refractivity contribution in [2.75, 3.05) is 18.0 Å². The first-order valence-electron chi connectivity index (χ1n) is 6.69. The average molecular weight is 278 g/mol. The lowest BCUT2D eigenvalue weighted by Crippen LogP contribution is -2.20. The number of nitrogens with zero attached hydrogens (tertiary/aromatic N) is 2. The van der Waals surface area contributed by atoms with E-state index < -0.39 is 0 Å². The number of rotatable bonds is 5. The molecule has 0 aromatic heterocycles. The second-order valence-corrected chi connectivity index (χ2v) is 5.60. The summed E-state index contributed by atoms with van der Waals surface area (Å²) in [6, 6.07) is 6.56. The predicted octanol–water partition coefficient (Wildman–Crippen LogP) is 2.27. The summed E-state index contributed by atoms with van der Waals surface area (Å²) < 4.78 is 4.14. The highest BCUT2D eigenvalue weighted by Gasteiger charge is 2.15.